The normalized spacial score (nSPS) is 16.0. The number of hydrogen-bond acceptors (Lipinski definition) is 5. The highest BCUT2D eigenvalue weighted by Crippen LogP contribution is 2.19. The van der Waals surface area contributed by atoms with E-state index in [2.05, 4.69) is 28.0 Å². The number of piperazine rings is 1. The molecular formula is C14H20N7O2+. The van der Waals surface area contributed by atoms with Crippen LogP contribution in [0, 0.1) is 11.3 Å². The van der Waals surface area contributed by atoms with Crippen molar-refractivity contribution in [2.75, 3.05) is 38.1 Å². The molecule has 23 heavy (non-hydrogen) atoms. The number of likely N-dealkylation sites (N-methyl/N-ethyl adjacent to an activating group) is 1. The van der Waals surface area contributed by atoms with Gasteiger partial charge in [-0.05, 0) is 0 Å². The lowest BCUT2D eigenvalue weighted by Gasteiger charge is -2.31. The van der Waals surface area contributed by atoms with E-state index in [9.17, 15) is 9.59 Å². The molecule has 3 rings (SSSR count). The molecule has 0 radical (unpaired) electrons. The Morgan fingerprint density at radius 1 is 1.35 bits per heavy atom. The summed E-state index contributed by atoms with van der Waals surface area (Å²) in [5, 5.41) is 8.90. The maximum atomic E-state index is 12.2. The van der Waals surface area contributed by atoms with E-state index in [4.69, 9.17) is 5.26 Å². The smallest absolute Gasteiger partial charge is 0.329 e. The fourth-order valence-corrected chi connectivity index (χ4v) is 2.93. The molecule has 0 spiro atoms. The van der Waals surface area contributed by atoms with Gasteiger partial charge in [0.2, 0.25) is 5.95 Å². The maximum Gasteiger partial charge on any atom is 0.329 e. The van der Waals surface area contributed by atoms with Crippen LogP contribution in [0.5, 0.6) is 0 Å². The molecular weight excluding hydrogens is 298 g/mol. The Labute approximate surface area is 132 Å². The lowest BCUT2D eigenvalue weighted by molar-refractivity contribution is -0.880. The third kappa shape index (κ3) is 2.61. The van der Waals surface area contributed by atoms with Gasteiger partial charge in [0.15, 0.2) is 11.2 Å². The number of aryl methyl sites for hydroxylation is 2. The average Bonchev–Trinajstić information content (AvgIpc) is 2.91. The average molecular weight is 318 g/mol. The zero-order chi connectivity index (χ0) is 16.6. The molecule has 2 aromatic heterocycles. The fourth-order valence-electron chi connectivity index (χ4n) is 2.93. The first-order valence-electron chi connectivity index (χ1n) is 7.65. The van der Waals surface area contributed by atoms with E-state index in [1.165, 1.54) is 9.47 Å². The fraction of sp³-hybridized carbons (Fsp3) is 0.571. The zero-order valence-electron chi connectivity index (χ0n) is 13.3. The number of H-pyrrole nitrogens is 1. The summed E-state index contributed by atoms with van der Waals surface area (Å²) in [6.07, 6.45) is 0.278. The van der Waals surface area contributed by atoms with Crippen LogP contribution in [0.4, 0.5) is 5.95 Å². The topological polar surface area (TPSA) is 104 Å². The van der Waals surface area contributed by atoms with Gasteiger partial charge in [0.05, 0.1) is 45.7 Å². The Kier molecular flexibility index (Phi) is 3.92. The van der Waals surface area contributed by atoms with Crippen molar-refractivity contribution in [1.82, 2.24) is 19.1 Å². The van der Waals surface area contributed by atoms with Crippen molar-refractivity contribution < 1.29 is 4.90 Å². The van der Waals surface area contributed by atoms with Gasteiger partial charge in [0.25, 0.3) is 5.56 Å². The third-order valence-electron chi connectivity index (χ3n) is 4.33. The molecule has 122 valence electrons. The van der Waals surface area contributed by atoms with Crippen LogP contribution in [0.25, 0.3) is 11.2 Å². The number of nitriles is 1. The quantitative estimate of drug-likeness (QED) is 0.661. The van der Waals surface area contributed by atoms with Crippen LogP contribution in [0.2, 0.25) is 0 Å². The molecule has 0 bridgehead atoms. The van der Waals surface area contributed by atoms with Crippen LogP contribution in [-0.4, -0.2) is 52.3 Å². The lowest BCUT2D eigenvalue weighted by Crippen LogP contribution is -3.12. The third-order valence-corrected chi connectivity index (χ3v) is 4.33. The van der Waals surface area contributed by atoms with Gasteiger partial charge in [-0.1, -0.05) is 0 Å². The van der Waals surface area contributed by atoms with Gasteiger partial charge < -0.3 is 14.4 Å². The van der Waals surface area contributed by atoms with Crippen molar-refractivity contribution >= 4 is 17.1 Å². The first kappa shape index (κ1) is 15.3. The SMILES string of the molecule is Cn1c(=O)[nH]c(=O)c2c1nc(N1CC[NH+](C)CC1)n2CCC#N. The van der Waals surface area contributed by atoms with Crippen LogP contribution in [0.1, 0.15) is 6.42 Å². The maximum absolute atomic E-state index is 12.2. The Morgan fingerprint density at radius 2 is 2.04 bits per heavy atom. The van der Waals surface area contributed by atoms with E-state index in [1.54, 1.807) is 11.6 Å². The van der Waals surface area contributed by atoms with E-state index >= 15 is 0 Å². The standard InChI is InChI=1S/C14H19N7O2/c1-18-6-8-20(9-7-18)13-16-11-10(21(13)5-3-4-15)12(22)17-14(23)19(11)2/h3,5-9H2,1-2H3,(H,17,22,23)/p+1. The number of nitrogens with one attached hydrogen (secondary N) is 2. The van der Waals surface area contributed by atoms with Crippen LogP contribution in [0.3, 0.4) is 0 Å². The Balaban J connectivity index is 2.18. The molecule has 0 saturated carbocycles. The minimum atomic E-state index is -0.484. The first-order chi connectivity index (χ1) is 11.0. The number of quaternary nitrogens is 1. The van der Waals surface area contributed by atoms with Gasteiger partial charge in [-0.3, -0.25) is 14.3 Å². The molecule has 1 aliphatic rings. The van der Waals surface area contributed by atoms with Crippen LogP contribution in [-0.2, 0) is 13.6 Å². The van der Waals surface area contributed by atoms with Crippen molar-refractivity contribution in [3.05, 3.63) is 20.8 Å². The van der Waals surface area contributed by atoms with Crippen molar-refractivity contribution in [2.45, 2.75) is 13.0 Å². The van der Waals surface area contributed by atoms with Crippen molar-refractivity contribution in [2.24, 2.45) is 7.05 Å². The molecule has 9 heteroatoms. The summed E-state index contributed by atoms with van der Waals surface area (Å²) in [5.41, 5.74) is -0.233. The zero-order valence-corrected chi connectivity index (χ0v) is 13.3. The number of imidazole rings is 1. The largest absolute Gasteiger partial charge is 0.334 e. The highest BCUT2D eigenvalue weighted by atomic mass is 16.2. The molecule has 9 nitrogen and oxygen atoms in total. The summed E-state index contributed by atoms with van der Waals surface area (Å²) in [5.74, 6) is 0.662. The second-order valence-electron chi connectivity index (χ2n) is 5.91. The monoisotopic (exact) mass is 318 g/mol. The summed E-state index contributed by atoms with van der Waals surface area (Å²) >= 11 is 0. The van der Waals surface area contributed by atoms with E-state index < -0.39 is 11.2 Å². The highest BCUT2D eigenvalue weighted by molar-refractivity contribution is 5.74. The van der Waals surface area contributed by atoms with Crippen LogP contribution < -0.4 is 21.0 Å². The summed E-state index contributed by atoms with van der Waals surface area (Å²) in [7, 11) is 3.73. The molecule has 1 aliphatic heterocycles. The van der Waals surface area contributed by atoms with E-state index in [1.807, 2.05) is 0 Å². The molecule has 2 aromatic rings. The molecule has 0 aliphatic carbocycles. The highest BCUT2D eigenvalue weighted by Gasteiger charge is 2.24. The number of nitrogens with zero attached hydrogens (tertiary/aromatic N) is 5. The number of rotatable bonds is 3. The molecule has 0 amide bonds. The number of fused-ring (bicyclic) bond motifs is 1. The minimum Gasteiger partial charge on any atom is -0.334 e. The van der Waals surface area contributed by atoms with Gasteiger partial charge in [0.1, 0.15) is 0 Å². The summed E-state index contributed by atoms with van der Waals surface area (Å²) < 4.78 is 3.10. The summed E-state index contributed by atoms with van der Waals surface area (Å²) in [4.78, 5) is 34.5. The number of hydrogen-bond donors (Lipinski definition) is 2. The first-order valence-corrected chi connectivity index (χ1v) is 7.65. The van der Waals surface area contributed by atoms with Crippen molar-refractivity contribution in [1.29, 1.82) is 5.26 Å². The molecule has 0 atom stereocenters. The minimum absolute atomic E-state index is 0.278. The molecule has 0 aromatic carbocycles. The molecule has 0 unspecified atom stereocenters. The van der Waals surface area contributed by atoms with Crippen molar-refractivity contribution in [3.63, 3.8) is 0 Å². The van der Waals surface area contributed by atoms with Crippen LogP contribution >= 0.6 is 0 Å². The predicted octanol–water partition coefficient (Wildman–Crippen LogP) is -2.33. The molecule has 2 N–H and O–H groups in total. The van der Waals surface area contributed by atoms with Gasteiger partial charge in [0, 0.05) is 13.6 Å². The van der Waals surface area contributed by atoms with Gasteiger partial charge in [-0.25, -0.2) is 4.79 Å². The van der Waals surface area contributed by atoms with E-state index in [0.29, 0.717) is 23.7 Å². The molecule has 1 saturated heterocycles. The van der Waals surface area contributed by atoms with Crippen LogP contribution in [0.15, 0.2) is 9.59 Å². The molecule has 3 heterocycles. The Morgan fingerprint density at radius 3 is 2.70 bits per heavy atom. The Hall–Kier alpha value is -2.60. The number of aromatic amines is 1. The van der Waals surface area contributed by atoms with Gasteiger partial charge in [-0.15, -0.1) is 0 Å². The number of anilines is 1. The van der Waals surface area contributed by atoms with E-state index in [0.717, 1.165) is 26.2 Å². The van der Waals surface area contributed by atoms with E-state index in [-0.39, 0.29) is 6.42 Å². The second-order valence-corrected chi connectivity index (χ2v) is 5.91. The van der Waals surface area contributed by atoms with Gasteiger partial charge >= 0.3 is 5.69 Å². The second kappa shape index (κ2) is 5.89. The molecule has 1 fully saturated rings. The Bertz CT molecular complexity index is 877. The summed E-state index contributed by atoms with van der Waals surface area (Å²) in [6.45, 7) is 4.00. The lowest BCUT2D eigenvalue weighted by atomic mass is 10.3. The summed E-state index contributed by atoms with van der Waals surface area (Å²) in [6, 6.07) is 2.10. The van der Waals surface area contributed by atoms with Crippen molar-refractivity contribution in [3.8, 4) is 6.07 Å². The number of aromatic nitrogens is 4. The van der Waals surface area contributed by atoms with Gasteiger partial charge in [-0.2, -0.15) is 10.2 Å². The predicted molar refractivity (Wildman–Crippen MR) is 84.7 cm³/mol.